The summed E-state index contributed by atoms with van der Waals surface area (Å²) in [5, 5.41) is 12.8. The highest BCUT2D eigenvalue weighted by Gasteiger charge is 2.35. The molecule has 3 rings (SSSR count). The van der Waals surface area contributed by atoms with Crippen LogP contribution in [0.2, 0.25) is 0 Å². The highest BCUT2D eigenvalue weighted by molar-refractivity contribution is 5.47. The molecule has 1 fully saturated rings. The fraction of sp³-hybridized carbons (Fsp3) is 0.667. The van der Waals surface area contributed by atoms with Crippen LogP contribution >= 0.6 is 0 Å². The smallest absolute Gasteiger partial charge is 0.209 e. The summed E-state index contributed by atoms with van der Waals surface area (Å²) in [6, 6.07) is 7.35. The summed E-state index contributed by atoms with van der Waals surface area (Å²) in [6.07, 6.45) is 4.36. The maximum absolute atomic E-state index is 14.2. The van der Waals surface area contributed by atoms with Crippen molar-refractivity contribution in [3.05, 3.63) is 35.9 Å². The minimum atomic E-state index is -0.137. The summed E-state index contributed by atoms with van der Waals surface area (Å²) in [5.41, 5.74) is 0.612. The summed E-state index contributed by atoms with van der Waals surface area (Å²) < 4.78 is 16.2. The van der Waals surface area contributed by atoms with Crippen molar-refractivity contribution in [3.63, 3.8) is 0 Å². The van der Waals surface area contributed by atoms with Gasteiger partial charge in [-0.15, -0.1) is 5.10 Å². The lowest BCUT2D eigenvalue weighted by molar-refractivity contribution is -0.933. The topological polar surface area (TPSA) is 51.3 Å². The Labute approximate surface area is 167 Å². The molecule has 28 heavy (non-hydrogen) atoms. The van der Waals surface area contributed by atoms with E-state index in [2.05, 4.69) is 48.1 Å². The van der Waals surface area contributed by atoms with E-state index >= 15 is 0 Å². The molecule has 0 unspecified atom stereocenters. The molecule has 0 spiro atoms. The van der Waals surface area contributed by atoms with Gasteiger partial charge in [-0.1, -0.05) is 32.4 Å². The first-order valence-corrected chi connectivity index (χ1v) is 10.6. The van der Waals surface area contributed by atoms with Gasteiger partial charge in [0.2, 0.25) is 5.82 Å². The molecule has 1 aliphatic rings. The highest BCUT2D eigenvalue weighted by atomic mass is 19.1. The van der Waals surface area contributed by atoms with E-state index in [1.165, 1.54) is 4.90 Å². The lowest BCUT2D eigenvalue weighted by atomic mass is 10.00. The number of piperazine rings is 1. The van der Waals surface area contributed by atoms with Crippen LogP contribution in [-0.2, 0) is 5.54 Å². The van der Waals surface area contributed by atoms with E-state index < -0.39 is 0 Å². The summed E-state index contributed by atoms with van der Waals surface area (Å²) in [7, 11) is 0. The first kappa shape index (κ1) is 20.7. The van der Waals surface area contributed by atoms with Gasteiger partial charge in [-0.2, -0.15) is 0 Å². The van der Waals surface area contributed by atoms with Crippen molar-refractivity contribution >= 4 is 5.69 Å². The molecule has 2 heterocycles. The van der Waals surface area contributed by atoms with E-state index in [4.69, 9.17) is 0 Å². The Hall–Kier alpha value is -2.02. The number of quaternary nitrogens is 1. The van der Waals surface area contributed by atoms with Gasteiger partial charge in [-0.3, -0.25) is 0 Å². The van der Waals surface area contributed by atoms with E-state index in [0.29, 0.717) is 5.69 Å². The van der Waals surface area contributed by atoms with E-state index in [0.717, 1.165) is 57.7 Å². The molecule has 154 valence electrons. The Morgan fingerprint density at radius 2 is 1.89 bits per heavy atom. The zero-order valence-corrected chi connectivity index (χ0v) is 17.7. The maximum atomic E-state index is 14.2. The number of benzene rings is 1. The predicted octanol–water partition coefficient (Wildman–Crippen LogP) is 2.59. The van der Waals surface area contributed by atoms with Crippen LogP contribution in [0.25, 0.3) is 0 Å². The van der Waals surface area contributed by atoms with Crippen LogP contribution in [0.5, 0.6) is 0 Å². The lowest BCUT2D eigenvalue weighted by Crippen LogP contribution is -3.15. The van der Waals surface area contributed by atoms with Crippen LogP contribution in [0, 0.1) is 5.82 Å². The number of aromatic nitrogens is 4. The Kier molecular flexibility index (Phi) is 6.65. The Balaban J connectivity index is 1.77. The monoisotopic (exact) mass is 389 g/mol. The number of unbranched alkanes of at least 4 members (excludes halogenated alkanes) is 1. The molecule has 7 heteroatoms. The second-order valence-corrected chi connectivity index (χ2v) is 8.41. The van der Waals surface area contributed by atoms with Crippen molar-refractivity contribution < 1.29 is 9.29 Å². The van der Waals surface area contributed by atoms with Gasteiger partial charge in [0.15, 0.2) is 0 Å². The van der Waals surface area contributed by atoms with E-state index in [9.17, 15) is 4.39 Å². The van der Waals surface area contributed by atoms with Crippen LogP contribution in [-0.4, -0.2) is 46.4 Å². The predicted molar refractivity (Wildman–Crippen MR) is 109 cm³/mol. The fourth-order valence-electron chi connectivity index (χ4n) is 4.01. The third kappa shape index (κ3) is 4.35. The average Bonchev–Trinajstić information content (AvgIpc) is 3.20. The molecule has 1 aromatic carbocycles. The number of rotatable bonds is 8. The molecular formula is C21H34FN6+. The zero-order valence-electron chi connectivity index (χ0n) is 17.7. The Morgan fingerprint density at radius 1 is 1.18 bits per heavy atom. The SMILES string of the molecule is CCCC[C@H](c1nnnn1C(C)(C)CC)[NH+]1CCN(c2ccccc2F)CC1. The van der Waals surface area contributed by atoms with Crippen LogP contribution in [0.1, 0.15) is 65.2 Å². The molecule has 1 atom stereocenters. The zero-order chi connectivity index (χ0) is 20.1. The van der Waals surface area contributed by atoms with Crippen molar-refractivity contribution in [1.29, 1.82) is 0 Å². The second kappa shape index (κ2) is 8.99. The summed E-state index contributed by atoms with van der Waals surface area (Å²) in [5.74, 6) is 0.858. The third-order valence-corrected chi connectivity index (χ3v) is 6.18. The number of tetrazole rings is 1. The van der Waals surface area contributed by atoms with E-state index in [-0.39, 0.29) is 17.4 Å². The molecule has 0 aliphatic carbocycles. The van der Waals surface area contributed by atoms with Gasteiger partial charge in [-0.05, 0) is 49.2 Å². The van der Waals surface area contributed by atoms with Gasteiger partial charge in [0.05, 0.1) is 37.4 Å². The number of halogens is 1. The molecule has 1 N–H and O–H groups in total. The van der Waals surface area contributed by atoms with Crippen LogP contribution in [0.15, 0.2) is 24.3 Å². The minimum absolute atomic E-state index is 0.0995. The molecule has 0 radical (unpaired) electrons. The number of anilines is 1. The number of hydrogen-bond donors (Lipinski definition) is 1. The van der Waals surface area contributed by atoms with Gasteiger partial charge in [0, 0.05) is 6.42 Å². The number of nitrogens with one attached hydrogen (secondary N) is 1. The van der Waals surface area contributed by atoms with Gasteiger partial charge >= 0.3 is 0 Å². The first-order valence-electron chi connectivity index (χ1n) is 10.6. The molecule has 0 bridgehead atoms. The van der Waals surface area contributed by atoms with Gasteiger partial charge in [0.1, 0.15) is 11.9 Å². The van der Waals surface area contributed by atoms with Crippen LogP contribution in [0.3, 0.4) is 0 Å². The van der Waals surface area contributed by atoms with E-state index in [1.807, 2.05) is 16.8 Å². The largest absolute Gasteiger partial charge is 0.358 e. The Bertz CT molecular complexity index is 751. The van der Waals surface area contributed by atoms with Crippen molar-refractivity contribution in [2.75, 3.05) is 31.1 Å². The van der Waals surface area contributed by atoms with Gasteiger partial charge < -0.3 is 9.80 Å². The van der Waals surface area contributed by atoms with Crippen molar-refractivity contribution in [1.82, 2.24) is 20.2 Å². The van der Waals surface area contributed by atoms with Crippen LogP contribution < -0.4 is 9.80 Å². The molecular weight excluding hydrogens is 355 g/mol. The van der Waals surface area contributed by atoms with Crippen molar-refractivity contribution in [2.45, 2.75) is 65.0 Å². The Morgan fingerprint density at radius 3 is 2.54 bits per heavy atom. The lowest BCUT2D eigenvalue weighted by Gasteiger charge is -2.38. The molecule has 1 aliphatic heterocycles. The van der Waals surface area contributed by atoms with Crippen LogP contribution in [0.4, 0.5) is 10.1 Å². The first-order chi connectivity index (χ1) is 13.5. The minimum Gasteiger partial charge on any atom is -0.358 e. The van der Waals surface area contributed by atoms with Gasteiger partial charge in [-0.25, -0.2) is 9.07 Å². The molecule has 0 saturated carbocycles. The molecule has 0 amide bonds. The number of nitrogens with zero attached hydrogens (tertiary/aromatic N) is 5. The highest BCUT2D eigenvalue weighted by Crippen LogP contribution is 2.24. The molecule has 1 aromatic heterocycles. The van der Waals surface area contributed by atoms with Crippen molar-refractivity contribution in [2.24, 2.45) is 0 Å². The molecule has 1 saturated heterocycles. The maximum Gasteiger partial charge on any atom is 0.209 e. The quantitative estimate of drug-likeness (QED) is 0.754. The summed E-state index contributed by atoms with van der Waals surface area (Å²) in [6.45, 7) is 12.4. The molecule has 2 aromatic rings. The summed E-state index contributed by atoms with van der Waals surface area (Å²) in [4.78, 5) is 3.67. The fourth-order valence-corrected chi connectivity index (χ4v) is 4.01. The average molecular weight is 390 g/mol. The standard InChI is InChI=1S/C21H33FN6/c1-5-7-11-19(20-23-24-25-28(20)21(3,4)6-2)27-15-13-26(14-16-27)18-12-9-8-10-17(18)22/h8-10,12,19H,5-7,11,13-16H2,1-4H3/p+1/t19-/m1/s1. The number of hydrogen-bond acceptors (Lipinski definition) is 4. The van der Waals surface area contributed by atoms with E-state index in [1.54, 1.807) is 12.1 Å². The number of para-hydroxylation sites is 1. The summed E-state index contributed by atoms with van der Waals surface area (Å²) >= 11 is 0. The second-order valence-electron chi connectivity index (χ2n) is 8.41. The van der Waals surface area contributed by atoms with Gasteiger partial charge in [0.25, 0.3) is 0 Å². The molecule has 6 nitrogen and oxygen atoms in total. The normalized spacial score (nSPS) is 17.1. The van der Waals surface area contributed by atoms with Crippen molar-refractivity contribution in [3.8, 4) is 0 Å². The third-order valence-electron chi connectivity index (χ3n) is 6.18.